The van der Waals surface area contributed by atoms with Crippen molar-refractivity contribution in [2.24, 2.45) is 7.05 Å². The lowest BCUT2D eigenvalue weighted by Gasteiger charge is -2.00. The van der Waals surface area contributed by atoms with Crippen molar-refractivity contribution >= 4 is 44.3 Å². The number of amides is 1. The first-order valence-electron chi connectivity index (χ1n) is 6.74. The molecule has 0 aliphatic rings. The van der Waals surface area contributed by atoms with Gasteiger partial charge in [-0.05, 0) is 12.1 Å². The van der Waals surface area contributed by atoms with Gasteiger partial charge in [-0.3, -0.25) is 14.8 Å². The molecule has 7 nitrogen and oxygen atoms in total. The SMILES string of the molecule is Cn1cc(C(=O)O)c(C(=O)Nc2nc(-c3cccc(Br)c3)cs2)n1. The lowest BCUT2D eigenvalue weighted by atomic mass is 10.2. The van der Waals surface area contributed by atoms with Crippen LogP contribution in [0.5, 0.6) is 0 Å². The molecule has 2 aromatic heterocycles. The zero-order valence-corrected chi connectivity index (χ0v) is 14.8. The average molecular weight is 407 g/mol. The Hall–Kier alpha value is -2.52. The molecule has 0 spiro atoms. The summed E-state index contributed by atoms with van der Waals surface area (Å²) in [5.41, 5.74) is 1.32. The van der Waals surface area contributed by atoms with E-state index in [-0.39, 0.29) is 11.3 Å². The fraction of sp³-hybridized carbons (Fsp3) is 0.0667. The Morgan fingerprint density at radius 1 is 1.38 bits per heavy atom. The van der Waals surface area contributed by atoms with Gasteiger partial charge in [0.15, 0.2) is 10.8 Å². The van der Waals surface area contributed by atoms with E-state index in [1.165, 1.54) is 22.2 Å². The van der Waals surface area contributed by atoms with Crippen LogP contribution in [0.2, 0.25) is 0 Å². The van der Waals surface area contributed by atoms with E-state index >= 15 is 0 Å². The summed E-state index contributed by atoms with van der Waals surface area (Å²) in [6.07, 6.45) is 1.28. The number of hydrogen-bond donors (Lipinski definition) is 2. The summed E-state index contributed by atoms with van der Waals surface area (Å²) in [4.78, 5) is 27.8. The second kappa shape index (κ2) is 6.54. The molecule has 24 heavy (non-hydrogen) atoms. The average Bonchev–Trinajstić information content (AvgIpc) is 3.14. The van der Waals surface area contributed by atoms with Crippen molar-refractivity contribution in [3.05, 3.63) is 51.6 Å². The minimum absolute atomic E-state index is 0.149. The van der Waals surface area contributed by atoms with Crippen molar-refractivity contribution < 1.29 is 14.7 Å². The highest BCUT2D eigenvalue weighted by Crippen LogP contribution is 2.27. The topological polar surface area (TPSA) is 97.1 Å². The van der Waals surface area contributed by atoms with Gasteiger partial charge >= 0.3 is 5.97 Å². The fourth-order valence-electron chi connectivity index (χ4n) is 2.08. The quantitative estimate of drug-likeness (QED) is 0.692. The number of carboxylic acids is 1. The third-order valence-electron chi connectivity index (χ3n) is 3.12. The van der Waals surface area contributed by atoms with Crippen LogP contribution in [0.3, 0.4) is 0 Å². The zero-order valence-electron chi connectivity index (χ0n) is 12.4. The van der Waals surface area contributed by atoms with Crippen molar-refractivity contribution in [2.75, 3.05) is 5.32 Å². The number of aromatic nitrogens is 3. The van der Waals surface area contributed by atoms with E-state index in [1.807, 2.05) is 29.6 Å². The maximum absolute atomic E-state index is 12.3. The molecule has 1 aromatic carbocycles. The third kappa shape index (κ3) is 3.36. The van der Waals surface area contributed by atoms with Crippen LogP contribution in [-0.4, -0.2) is 31.7 Å². The number of carboxylic acid groups (broad SMARTS) is 1. The number of rotatable bonds is 4. The van der Waals surface area contributed by atoms with Gasteiger partial charge in [0.25, 0.3) is 5.91 Å². The lowest BCUT2D eigenvalue weighted by Crippen LogP contribution is -2.16. The first-order valence-corrected chi connectivity index (χ1v) is 8.41. The molecule has 9 heteroatoms. The molecule has 0 saturated carbocycles. The Morgan fingerprint density at radius 3 is 2.88 bits per heavy atom. The van der Waals surface area contributed by atoms with E-state index < -0.39 is 11.9 Å². The van der Waals surface area contributed by atoms with Gasteiger partial charge in [-0.25, -0.2) is 9.78 Å². The van der Waals surface area contributed by atoms with Gasteiger partial charge in [0.2, 0.25) is 0 Å². The van der Waals surface area contributed by atoms with Crippen LogP contribution < -0.4 is 5.32 Å². The maximum atomic E-state index is 12.3. The van der Waals surface area contributed by atoms with E-state index in [0.29, 0.717) is 5.13 Å². The third-order valence-corrected chi connectivity index (χ3v) is 4.37. The van der Waals surface area contributed by atoms with E-state index in [4.69, 9.17) is 5.11 Å². The second-order valence-electron chi connectivity index (χ2n) is 4.87. The van der Waals surface area contributed by atoms with Crippen LogP contribution in [0.15, 0.2) is 40.3 Å². The molecule has 0 saturated heterocycles. The molecule has 122 valence electrons. The predicted octanol–water partition coefficient (Wildman–Crippen LogP) is 3.26. The van der Waals surface area contributed by atoms with Crippen molar-refractivity contribution in [1.29, 1.82) is 0 Å². The number of nitrogens with zero attached hydrogens (tertiary/aromatic N) is 3. The molecule has 3 aromatic rings. The molecule has 0 aliphatic carbocycles. The second-order valence-corrected chi connectivity index (χ2v) is 6.65. The summed E-state index contributed by atoms with van der Waals surface area (Å²) in [5, 5.41) is 17.8. The Morgan fingerprint density at radius 2 is 2.17 bits per heavy atom. The highest BCUT2D eigenvalue weighted by molar-refractivity contribution is 9.10. The van der Waals surface area contributed by atoms with Crippen LogP contribution in [0, 0.1) is 0 Å². The van der Waals surface area contributed by atoms with E-state index in [1.54, 1.807) is 7.05 Å². The number of aryl methyl sites for hydroxylation is 1. The number of carbonyl (C=O) groups is 2. The van der Waals surface area contributed by atoms with Crippen LogP contribution >= 0.6 is 27.3 Å². The van der Waals surface area contributed by atoms with Gasteiger partial charge in [0.05, 0.1) is 5.69 Å². The monoisotopic (exact) mass is 406 g/mol. The number of thiazole rings is 1. The first-order chi connectivity index (χ1) is 11.4. The number of carbonyl (C=O) groups excluding carboxylic acids is 1. The van der Waals surface area contributed by atoms with Gasteiger partial charge in [-0.2, -0.15) is 5.10 Å². The van der Waals surface area contributed by atoms with Crippen molar-refractivity contribution in [2.45, 2.75) is 0 Å². The van der Waals surface area contributed by atoms with Crippen LogP contribution in [0.1, 0.15) is 20.8 Å². The number of nitrogens with one attached hydrogen (secondary N) is 1. The highest BCUT2D eigenvalue weighted by atomic mass is 79.9. The molecule has 2 N–H and O–H groups in total. The maximum Gasteiger partial charge on any atom is 0.339 e. The molecule has 0 aliphatic heterocycles. The molecular weight excluding hydrogens is 396 g/mol. The molecule has 0 unspecified atom stereocenters. The lowest BCUT2D eigenvalue weighted by molar-refractivity contribution is 0.0692. The van der Waals surface area contributed by atoms with Crippen LogP contribution in [0.25, 0.3) is 11.3 Å². The normalized spacial score (nSPS) is 10.6. The zero-order chi connectivity index (χ0) is 17.3. The Bertz CT molecular complexity index is 934. The summed E-state index contributed by atoms with van der Waals surface area (Å²) in [7, 11) is 1.55. The molecule has 0 bridgehead atoms. The van der Waals surface area contributed by atoms with Crippen molar-refractivity contribution in [3.8, 4) is 11.3 Å². The minimum Gasteiger partial charge on any atom is -0.478 e. The summed E-state index contributed by atoms with van der Waals surface area (Å²) < 4.78 is 2.21. The number of aromatic carboxylic acids is 1. The van der Waals surface area contributed by atoms with Gasteiger partial charge in [0.1, 0.15) is 5.56 Å². The highest BCUT2D eigenvalue weighted by Gasteiger charge is 2.22. The Balaban J connectivity index is 1.82. The summed E-state index contributed by atoms with van der Waals surface area (Å²) in [5.74, 6) is -1.81. The van der Waals surface area contributed by atoms with Gasteiger partial charge in [0, 0.05) is 28.7 Å². The van der Waals surface area contributed by atoms with Crippen molar-refractivity contribution in [1.82, 2.24) is 14.8 Å². The molecule has 0 radical (unpaired) electrons. The van der Waals surface area contributed by atoms with Gasteiger partial charge in [-0.15, -0.1) is 11.3 Å². The summed E-state index contributed by atoms with van der Waals surface area (Å²) in [6, 6.07) is 7.63. The molecular formula is C15H11BrN4O3S. The minimum atomic E-state index is -1.21. The summed E-state index contributed by atoms with van der Waals surface area (Å²) in [6.45, 7) is 0. The molecule has 1 amide bonds. The largest absolute Gasteiger partial charge is 0.478 e. The Labute approximate surface area is 149 Å². The molecule has 0 atom stereocenters. The van der Waals surface area contributed by atoms with E-state index in [2.05, 4.69) is 31.3 Å². The van der Waals surface area contributed by atoms with E-state index in [0.717, 1.165) is 15.7 Å². The fourth-order valence-corrected chi connectivity index (χ4v) is 3.19. The standard InChI is InChI=1S/C15H11BrN4O3S/c1-20-6-10(14(22)23)12(19-20)13(21)18-15-17-11(7-24-15)8-3-2-4-9(16)5-8/h2-7H,1H3,(H,22,23)(H,17,18,21). The number of anilines is 1. The van der Waals surface area contributed by atoms with Crippen LogP contribution in [0.4, 0.5) is 5.13 Å². The van der Waals surface area contributed by atoms with Gasteiger partial charge < -0.3 is 5.11 Å². The first kappa shape index (κ1) is 16.3. The number of benzene rings is 1. The Kier molecular flexibility index (Phi) is 4.45. The predicted molar refractivity (Wildman–Crippen MR) is 93.4 cm³/mol. The van der Waals surface area contributed by atoms with Gasteiger partial charge in [-0.1, -0.05) is 28.1 Å². The van der Waals surface area contributed by atoms with E-state index in [9.17, 15) is 9.59 Å². The molecule has 2 heterocycles. The molecule has 3 rings (SSSR count). The summed E-state index contributed by atoms with van der Waals surface area (Å²) >= 11 is 4.65. The smallest absolute Gasteiger partial charge is 0.339 e. The number of hydrogen-bond acceptors (Lipinski definition) is 5. The van der Waals surface area contributed by atoms with Crippen molar-refractivity contribution in [3.63, 3.8) is 0 Å². The van der Waals surface area contributed by atoms with Crippen LogP contribution in [-0.2, 0) is 7.05 Å². The molecule has 0 fully saturated rings. The number of halogens is 1.